The third kappa shape index (κ3) is 4.68. The van der Waals surface area contributed by atoms with Crippen molar-refractivity contribution in [2.75, 3.05) is 13.1 Å². The van der Waals surface area contributed by atoms with Crippen LogP contribution in [0.1, 0.15) is 35.5 Å². The molecule has 0 atom stereocenters. The van der Waals surface area contributed by atoms with Crippen LogP contribution >= 0.6 is 0 Å². The van der Waals surface area contributed by atoms with Crippen molar-refractivity contribution in [3.05, 3.63) is 59.4 Å². The van der Waals surface area contributed by atoms with Crippen molar-refractivity contribution in [2.45, 2.75) is 26.6 Å². The van der Waals surface area contributed by atoms with E-state index < -0.39 is 11.7 Å². The van der Waals surface area contributed by atoms with Gasteiger partial charge in [-0.05, 0) is 25.5 Å². The fourth-order valence-electron chi connectivity index (χ4n) is 2.40. The second-order valence-corrected chi connectivity index (χ2v) is 5.73. The van der Waals surface area contributed by atoms with Gasteiger partial charge in [0.1, 0.15) is 0 Å². The van der Waals surface area contributed by atoms with Crippen LogP contribution in [0.15, 0.2) is 42.6 Å². The molecule has 0 unspecified atom stereocenters. The molecule has 25 heavy (non-hydrogen) atoms. The van der Waals surface area contributed by atoms with Crippen LogP contribution in [-0.2, 0) is 12.7 Å². The maximum atomic E-state index is 13.0. The highest BCUT2D eigenvalue weighted by Gasteiger charge is 2.33. The highest BCUT2D eigenvalue weighted by atomic mass is 19.4. The van der Waals surface area contributed by atoms with Crippen molar-refractivity contribution in [3.8, 4) is 0 Å². The van der Waals surface area contributed by atoms with Crippen LogP contribution in [0.4, 0.5) is 13.2 Å². The maximum Gasteiger partial charge on any atom is 0.416 e. The number of halogens is 3. The lowest BCUT2D eigenvalue weighted by molar-refractivity contribution is -0.138. The number of alkyl halides is 3. The van der Waals surface area contributed by atoms with E-state index in [4.69, 9.17) is 0 Å². The van der Waals surface area contributed by atoms with E-state index in [1.807, 2.05) is 6.92 Å². The number of aromatic nitrogens is 3. The number of rotatable bonds is 6. The zero-order valence-electron chi connectivity index (χ0n) is 14.0. The average molecular weight is 352 g/mol. The summed E-state index contributed by atoms with van der Waals surface area (Å²) in [5, 5.41) is 7.57. The zero-order valence-corrected chi connectivity index (χ0v) is 14.0. The van der Waals surface area contributed by atoms with Gasteiger partial charge < -0.3 is 4.90 Å². The molecule has 1 amide bonds. The highest BCUT2D eigenvalue weighted by molar-refractivity contribution is 5.92. The standard InChI is InChI=1S/C17H19F3N4O/c1-4-23(9-12(2)3)16(25)15-11-24(22-21-15)10-13-7-5-6-8-14(13)17(18,19)20/h5-8,11H,2,4,9-10H2,1,3H3. The summed E-state index contributed by atoms with van der Waals surface area (Å²) in [5.41, 5.74) is 0.248. The molecule has 1 heterocycles. The average Bonchev–Trinajstić information content (AvgIpc) is 2.99. The first-order chi connectivity index (χ1) is 11.7. The molecular weight excluding hydrogens is 333 g/mol. The third-order valence-corrected chi connectivity index (χ3v) is 3.54. The second kappa shape index (κ2) is 7.50. The Kier molecular flexibility index (Phi) is 5.61. The molecular formula is C17H19F3N4O. The van der Waals surface area contributed by atoms with Gasteiger partial charge in [0.15, 0.2) is 5.69 Å². The predicted molar refractivity (Wildman–Crippen MR) is 87.0 cm³/mol. The van der Waals surface area contributed by atoms with Crippen LogP contribution in [0.5, 0.6) is 0 Å². The quantitative estimate of drug-likeness (QED) is 0.749. The lowest BCUT2D eigenvalue weighted by Gasteiger charge is -2.19. The molecule has 0 bridgehead atoms. The summed E-state index contributed by atoms with van der Waals surface area (Å²) >= 11 is 0. The Morgan fingerprint density at radius 2 is 2.00 bits per heavy atom. The van der Waals surface area contributed by atoms with Gasteiger partial charge in [0.05, 0.1) is 18.3 Å². The van der Waals surface area contributed by atoms with E-state index in [1.54, 1.807) is 11.8 Å². The summed E-state index contributed by atoms with van der Waals surface area (Å²) in [6.45, 7) is 8.13. The molecule has 0 fully saturated rings. The maximum absolute atomic E-state index is 13.0. The number of carbonyl (C=O) groups excluding carboxylic acids is 1. The van der Waals surface area contributed by atoms with Crippen LogP contribution in [0.25, 0.3) is 0 Å². The topological polar surface area (TPSA) is 51.0 Å². The summed E-state index contributed by atoms with van der Waals surface area (Å²) in [6, 6.07) is 5.26. The van der Waals surface area contributed by atoms with Crippen molar-refractivity contribution in [1.82, 2.24) is 19.9 Å². The first kappa shape index (κ1) is 18.7. The number of hydrogen-bond donors (Lipinski definition) is 0. The summed E-state index contributed by atoms with van der Waals surface area (Å²) in [4.78, 5) is 13.9. The van der Waals surface area contributed by atoms with E-state index in [0.717, 1.165) is 11.6 Å². The Labute approximate surface area is 143 Å². The lowest BCUT2D eigenvalue weighted by atomic mass is 10.1. The molecule has 0 saturated heterocycles. The minimum Gasteiger partial charge on any atom is -0.334 e. The van der Waals surface area contributed by atoms with Gasteiger partial charge in [-0.25, -0.2) is 4.68 Å². The number of carbonyl (C=O) groups is 1. The SMILES string of the molecule is C=C(C)CN(CC)C(=O)c1cn(Cc2ccccc2C(F)(F)F)nn1. The summed E-state index contributed by atoms with van der Waals surface area (Å²) in [5.74, 6) is -0.333. The molecule has 8 heteroatoms. The Morgan fingerprint density at radius 3 is 2.60 bits per heavy atom. The van der Waals surface area contributed by atoms with Crippen LogP contribution in [-0.4, -0.2) is 38.9 Å². The Balaban J connectivity index is 2.20. The first-order valence-electron chi connectivity index (χ1n) is 7.71. The molecule has 134 valence electrons. The Bertz CT molecular complexity index is 767. The van der Waals surface area contributed by atoms with Gasteiger partial charge in [0.2, 0.25) is 0 Å². The third-order valence-electron chi connectivity index (χ3n) is 3.54. The van der Waals surface area contributed by atoms with Crippen LogP contribution in [0, 0.1) is 0 Å². The summed E-state index contributed by atoms with van der Waals surface area (Å²) < 4.78 is 40.4. The molecule has 0 radical (unpaired) electrons. The van der Waals surface area contributed by atoms with Gasteiger partial charge in [-0.3, -0.25) is 4.79 Å². The van der Waals surface area contributed by atoms with Crippen molar-refractivity contribution in [1.29, 1.82) is 0 Å². The van der Waals surface area contributed by atoms with E-state index >= 15 is 0 Å². The molecule has 0 aliphatic heterocycles. The van der Waals surface area contributed by atoms with Gasteiger partial charge >= 0.3 is 6.18 Å². The summed E-state index contributed by atoms with van der Waals surface area (Å²) in [6.07, 6.45) is -3.09. The molecule has 0 N–H and O–H groups in total. The van der Waals surface area contributed by atoms with Crippen LogP contribution in [0.3, 0.4) is 0 Å². The van der Waals surface area contributed by atoms with Crippen molar-refractivity contribution < 1.29 is 18.0 Å². The number of nitrogens with zero attached hydrogens (tertiary/aromatic N) is 4. The lowest BCUT2D eigenvalue weighted by Crippen LogP contribution is -2.32. The van der Waals surface area contributed by atoms with E-state index in [9.17, 15) is 18.0 Å². The molecule has 0 saturated carbocycles. The van der Waals surface area contributed by atoms with Crippen molar-refractivity contribution in [2.24, 2.45) is 0 Å². The van der Waals surface area contributed by atoms with Gasteiger partial charge in [0.25, 0.3) is 5.91 Å². The van der Waals surface area contributed by atoms with Crippen LogP contribution in [0.2, 0.25) is 0 Å². The number of likely N-dealkylation sites (N-methyl/N-ethyl adjacent to an activating group) is 1. The van der Waals surface area contributed by atoms with E-state index in [0.29, 0.717) is 13.1 Å². The normalized spacial score (nSPS) is 11.4. The van der Waals surface area contributed by atoms with Gasteiger partial charge in [-0.2, -0.15) is 13.2 Å². The fraction of sp³-hybridized carbons (Fsp3) is 0.353. The number of benzene rings is 1. The molecule has 2 aromatic rings. The first-order valence-corrected chi connectivity index (χ1v) is 7.71. The minimum atomic E-state index is -4.45. The Morgan fingerprint density at radius 1 is 1.32 bits per heavy atom. The molecule has 2 rings (SSSR count). The minimum absolute atomic E-state index is 0.0631. The van der Waals surface area contributed by atoms with E-state index in [1.165, 1.54) is 29.1 Å². The Hall–Kier alpha value is -2.64. The monoisotopic (exact) mass is 352 g/mol. The molecule has 0 spiro atoms. The molecule has 0 aliphatic carbocycles. The smallest absolute Gasteiger partial charge is 0.334 e. The number of amides is 1. The molecule has 0 aliphatic rings. The van der Waals surface area contributed by atoms with Crippen molar-refractivity contribution in [3.63, 3.8) is 0 Å². The predicted octanol–water partition coefficient (Wildman–Crippen LogP) is 3.38. The highest BCUT2D eigenvalue weighted by Crippen LogP contribution is 2.32. The zero-order chi connectivity index (χ0) is 18.6. The van der Waals surface area contributed by atoms with E-state index in [-0.39, 0.29) is 23.7 Å². The molecule has 1 aromatic heterocycles. The van der Waals surface area contributed by atoms with E-state index in [2.05, 4.69) is 16.9 Å². The van der Waals surface area contributed by atoms with Crippen molar-refractivity contribution >= 4 is 5.91 Å². The second-order valence-electron chi connectivity index (χ2n) is 5.73. The largest absolute Gasteiger partial charge is 0.416 e. The van der Waals surface area contributed by atoms with Gasteiger partial charge in [0, 0.05) is 13.1 Å². The van der Waals surface area contributed by atoms with Crippen LogP contribution < -0.4 is 0 Å². The summed E-state index contributed by atoms with van der Waals surface area (Å²) in [7, 11) is 0. The van der Waals surface area contributed by atoms with Gasteiger partial charge in [-0.15, -0.1) is 5.10 Å². The number of hydrogen-bond acceptors (Lipinski definition) is 3. The van der Waals surface area contributed by atoms with Gasteiger partial charge in [-0.1, -0.05) is 35.6 Å². The molecule has 1 aromatic carbocycles. The fourth-order valence-corrected chi connectivity index (χ4v) is 2.40. The molecule has 5 nitrogen and oxygen atoms in total.